The molecule has 1 rings (SSSR count). The first-order valence-corrected chi connectivity index (χ1v) is 13.5. The van der Waals surface area contributed by atoms with Crippen LogP contribution in [-0.4, -0.2) is 104 Å². The first-order valence-electron chi connectivity index (χ1n) is 12.9. The summed E-state index contributed by atoms with van der Waals surface area (Å²) < 4.78 is 0. The number of thiol groups is 1. The summed E-state index contributed by atoms with van der Waals surface area (Å²) in [5.41, 5.74) is 6.24. The molecule has 1 aromatic heterocycles. The first-order chi connectivity index (χ1) is 19.2. The molecule has 0 aliphatic rings. The third kappa shape index (κ3) is 12.6. The molecule has 10 N–H and O–H groups in total. The second kappa shape index (κ2) is 17.2. The molecule has 0 saturated carbocycles. The molecular formula is C24H40N8O8S. The summed E-state index contributed by atoms with van der Waals surface area (Å²) in [6.45, 7) is 5.78. The third-order valence-corrected chi connectivity index (χ3v) is 6.08. The Labute approximate surface area is 242 Å². The molecule has 0 unspecified atom stereocenters. The number of rotatable bonds is 17. The van der Waals surface area contributed by atoms with Gasteiger partial charge in [0.2, 0.25) is 29.5 Å². The molecule has 1 aromatic rings. The number of carbonyl (C=O) groups is 6. The number of imidazole rings is 1. The Morgan fingerprint density at radius 3 is 2.12 bits per heavy atom. The van der Waals surface area contributed by atoms with Crippen LogP contribution >= 0.6 is 12.6 Å². The lowest BCUT2D eigenvalue weighted by atomic mass is 10.0. The lowest BCUT2D eigenvalue weighted by Gasteiger charge is -2.25. The zero-order valence-electron chi connectivity index (χ0n) is 23.3. The summed E-state index contributed by atoms with van der Waals surface area (Å²) in [7, 11) is 0. The summed E-state index contributed by atoms with van der Waals surface area (Å²) in [6.07, 6.45) is 1.84. The highest BCUT2D eigenvalue weighted by Crippen LogP contribution is 2.04. The molecule has 0 radical (unpaired) electrons. The fourth-order valence-corrected chi connectivity index (χ4v) is 3.74. The number of nitrogens with two attached hydrogens (primary N) is 1. The van der Waals surface area contributed by atoms with Crippen molar-refractivity contribution in [2.45, 2.75) is 76.8 Å². The molecule has 0 aliphatic heterocycles. The summed E-state index contributed by atoms with van der Waals surface area (Å²) in [5, 5.41) is 30.9. The van der Waals surface area contributed by atoms with Crippen LogP contribution in [0, 0.1) is 5.92 Å². The molecule has 1 heterocycles. The fraction of sp³-hybridized carbons (Fsp3) is 0.625. The summed E-state index contributed by atoms with van der Waals surface area (Å²) >= 11 is 3.90. The highest BCUT2D eigenvalue weighted by Gasteiger charge is 2.30. The van der Waals surface area contributed by atoms with Gasteiger partial charge in [-0.3, -0.25) is 24.0 Å². The number of aromatic nitrogens is 2. The number of aliphatic carboxylic acids is 1. The Kier molecular flexibility index (Phi) is 14.8. The minimum Gasteiger partial charge on any atom is -0.480 e. The van der Waals surface area contributed by atoms with Crippen LogP contribution in [0.15, 0.2) is 12.5 Å². The second-order valence-electron chi connectivity index (χ2n) is 9.88. The molecule has 0 saturated heterocycles. The Morgan fingerprint density at radius 1 is 0.951 bits per heavy atom. The maximum atomic E-state index is 12.7. The molecule has 6 atom stereocenters. The van der Waals surface area contributed by atoms with Gasteiger partial charge in [0.25, 0.3) is 0 Å². The number of carbonyl (C=O) groups excluding carboxylic acids is 5. The van der Waals surface area contributed by atoms with Crippen LogP contribution in [0.2, 0.25) is 0 Å². The number of amides is 5. The van der Waals surface area contributed by atoms with E-state index in [0.717, 1.165) is 0 Å². The minimum absolute atomic E-state index is 0.0757. The van der Waals surface area contributed by atoms with Gasteiger partial charge in [-0.15, -0.1) is 0 Å². The highest BCUT2D eigenvalue weighted by atomic mass is 32.1. The second-order valence-corrected chi connectivity index (χ2v) is 10.2. The number of hydrogen-bond donors (Lipinski definition) is 10. The molecule has 0 bridgehead atoms. The van der Waals surface area contributed by atoms with Gasteiger partial charge in [0.1, 0.15) is 24.2 Å². The third-order valence-electron chi connectivity index (χ3n) is 5.72. The molecule has 0 aromatic carbocycles. The summed E-state index contributed by atoms with van der Waals surface area (Å²) in [5.74, 6) is -5.19. The molecule has 16 nitrogen and oxygen atoms in total. The number of aliphatic hydroxyl groups is 1. The minimum atomic E-state index is -1.38. The quantitative estimate of drug-likeness (QED) is 0.0801. The van der Waals surface area contributed by atoms with E-state index in [9.17, 15) is 39.0 Å². The zero-order valence-corrected chi connectivity index (χ0v) is 24.2. The van der Waals surface area contributed by atoms with Crippen molar-refractivity contribution < 1.29 is 39.0 Å². The van der Waals surface area contributed by atoms with Gasteiger partial charge in [0.15, 0.2) is 0 Å². The van der Waals surface area contributed by atoms with Crippen LogP contribution in [0.25, 0.3) is 0 Å². The van der Waals surface area contributed by atoms with E-state index in [0.29, 0.717) is 12.1 Å². The molecule has 230 valence electrons. The number of carboxylic acids is 1. The predicted molar refractivity (Wildman–Crippen MR) is 149 cm³/mol. The van der Waals surface area contributed by atoms with Crippen molar-refractivity contribution in [3.05, 3.63) is 18.2 Å². The van der Waals surface area contributed by atoms with Crippen molar-refractivity contribution >= 4 is 48.1 Å². The summed E-state index contributed by atoms with van der Waals surface area (Å²) in [4.78, 5) is 80.7. The number of carboxylic acid groups (broad SMARTS) is 1. The molecular weight excluding hydrogens is 560 g/mol. The van der Waals surface area contributed by atoms with Crippen molar-refractivity contribution in [3.8, 4) is 0 Å². The Bertz CT molecular complexity index is 1050. The molecule has 41 heavy (non-hydrogen) atoms. The van der Waals surface area contributed by atoms with Crippen LogP contribution < -0.4 is 32.3 Å². The van der Waals surface area contributed by atoms with E-state index < -0.39 is 78.4 Å². The van der Waals surface area contributed by atoms with Gasteiger partial charge in [-0.05, 0) is 26.2 Å². The van der Waals surface area contributed by atoms with Gasteiger partial charge >= 0.3 is 5.97 Å². The number of nitrogens with one attached hydrogen (secondary N) is 6. The van der Waals surface area contributed by atoms with Gasteiger partial charge < -0.3 is 47.5 Å². The van der Waals surface area contributed by atoms with Crippen molar-refractivity contribution in [2.24, 2.45) is 11.7 Å². The van der Waals surface area contributed by atoms with Crippen LogP contribution in [-0.2, 0) is 35.2 Å². The molecule has 0 fully saturated rings. The van der Waals surface area contributed by atoms with E-state index in [2.05, 4.69) is 49.2 Å². The van der Waals surface area contributed by atoms with Crippen molar-refractivity contribution in [1.29, 1.82) is 0 Å². The zero-order chi connectivity index (χ0) is 31.3. The van der Waals surface area contributed by atoms with E-state index in [1.807, 2.05) is 13.8 Å². The van der Waals surface area contributed by atoms with Gasteiger partial charge in [-0.25, -0.2) is 9.78 Å². The van der Waals surface area contributed by atoms with Crippen molar-refractivity contribution in [3.63, 3.8) is 0 Å². The Morgan fingerprint density at radius 2 is 1.61 bits per heavy atom. The van der Waals surface area contributed by atoms with E-state index in [1.54, 1.807) is 0 Å². The first kappa shape index (κ1) is 35.3. The maximum absolute atomic E-state index is 12.7. The Balaban J connectivity index is 2.74. The topological polar surface area (TPSA) is 258 Å². The smallest absolute Gasteiger partial charge is 0.327 e. The molecule has 0 spiro atoms. The van der Waals surface area contributed by atoms with Gasteiger partial charge in [0, 0.05) is 18.4 Å². The van der Waals surface area contributed by atoms with E-state index in [1.165, 1.54) is 26.4 Å². The number of aromatic amines is 1. The van der Waals surface area contributed by atoms with Gasteiger partial charge in [-0.1, -0.05) is 13.8 Å². The van der Waals surface area contributed by atoms with E-state index in [4.69, 9.17) is 5.73 Å². The van der Waals surface area contributed by atoms with E-state index in [-0.39, 0.29) is 18.1 Å². The lowest BCUT2D eigenvalue weighted by molar-refractivity contribution is -0.141. The highest BCUT2D eigenvalue weighted by molar-refractivity contribution is 7.80. The largest absolute Gasteiger partial charge is 0.480 e. The SMILES string of the molecule is CC(C)C[C@H](N)C(=O)N[C@H](C(=O)N[C@@H](C)C(=O)NCC(=O)N[C@@H](Cc1c[nH]cn1)C(=O)N[C@@H](CS)C(=O)O)[C@@H](C)O. The molecule has 5 amide bonds. The normalized spacial score (nSPS) is 15.4. The number of aliphatic hydroxyl groups excluding tert-OH is 1. The van der Waals surface area contributed by atoms with Crippen molar-refractivity contribution in [2.75, 3.05) is 12.3 Å². The summed E-state index contributed by atoms with van der Waals surface area (Å²) in [6, 6.07) is -5.97. The Hall–Kier alpha value is -3.70. The van der Waals surface area contributed by atoms with Crippen LogP contribution in [0.1, 0.15) is 39.8 Å². The average molecular weight is 601 g/mol. The maximum Gasteiger partial charge on any atom is 0.327 e. The van der Waals surface area contributed by atoms with Gasteiger partial charge in [0.05, 0.1) is 30.7 Å². The molecule has 0 aliphatic carbocycles. The predicted octanol–water partition coefficient (Wildman–Crippen LogP) is -3.20. The average Bonchev–Trinajstić information content (AvgIpc) is 3.40. The monoisotopic (exact) mass is 600 g/mol. The van der Waals surface area contributed by atoms with Crippen LogP contribution in [0.3, 0.4) is 0 Å². The molecule has 17 heteroatoms. The fourth-order valence-electron chi connectivity index (χ4n) is 3.49. The van der Waals surface area contributed by atoms with Gasteiger partial charge in [-0.2, -0.15) is 12.6 Å². The van der Waals surface area contributed by atoms with Crippen molar-refractivity contribution in [1.82, 2.24) is 36.6 Å². The van der Waals surface area contributed by atoms with Crippen LogP contribution in [0.5, 0.6) is 0 Å². The number of hydrogen-bond acceptors (Lipinski definition) is 10. The number of nitrogens with zero attached hydrogens (tertiary/aromatic N) is 1. The van der Waals surface area contributed by atoms with Crippen LogP contribution in [0.4, 0.5) is 0 Å². The number of H-pyrrole nitrogens is 1. The standard InChI is InChI=1S/C24H40N8O8S/c1-11(2)5-15(25)21(36)32-19(13(4)33)23(38)29-12(3)20(35)27-8-18(34)30-16(6-14-7-26-10-28-14)22(37)31-17(9-41)24(39)40/h7,10-13,15-17,19,33,41H,5-6,8-9,25H2,1-4H3,(H,26,28)(H,27,35)(H,29,38)(H,30,34)(H,31,37)(H,32,36)(H,39,40)/t12-,13+,15-,16-,17-,19-/m0/s1. The van der Waals surface area contributed by atoms with E-state index >= 15 is 0 Å². The lowest BCUT2D eigenvalue weighted by Crippen LogP contribution is -2.59.